The van der Waals surface area contributed by atoms with Gasteiger partial charge in [0, 0.05) is 41.3 Å². The number of methoxy groups -OCH3 is 1. The lowest BCUT2D eigenvalue weighted by Gasteiger charge is -2.26. The standard InChI is InChI=1S/C30H26Cl2IN3O5S/c1-35-29(38)26(42-30(35)34-22-5-3-4-19(15-22)28(37)36-8-10-40-11-9-36)14-18-12-24(33)27(25(13-18)39-2)41-17-20-6-7-21(31)16-23(20)32/h3-7,12-16H,8-11,17H2,1-2H3/b26-14+,34-30?. The van der Waals surface area contributed by atoms with Gasteiger partial charge in [0.05, 0.1) is 34.5 Å². The van der Waals surface area contributed by atoms with Crippen LogP contribution in [0.1, 0.15) is 21.5 Å². The summed E-state index contributed by atoms with van der Waals surface area (Å²) in [7, 11) is 3.25. The molecule has 0 aromatic heterocycles. The number of carbonyl (C=O) groups excluding carboxylic acids is 2. The van der Waals surface area contributed by atoms with E-state index in [1.807, 2.05) is 24.3 Å². The lowest BCUT2D eigenvalue weighted by Crippen LogP contribution is -2.40. The largest absolute Gasteiger partial charge is 0.493 e. The highest BCUT2D eigenvalue weighted by Crippen LogP contribution is 2.38. The van der Waals surface area contributed by atoms with E-state index in [9.17, 15) is 9.59 Å². The van der Waals surface area contributed by atoms with Crippen molar-refractivity contribution in [1.29, 1.82) is 0 Å². The van der Waals surface area contributed by atoms with Gasteiger partial charge in [-0.3, -0.25) is 14.5 Å². The van der Waals surface area contributed by atoms with Gasteiger partial charge < -0.3 is 19.1 Å². The van der Waals surface area contributed by atoms with Crippen LogP contribution in [-0.4, -0.2) is 67.2 Å². The summed E-state index contributed by atoms with van der Waals surface area (Å²) in [6, 6.07) is 16.1. The van der Waals surface area contributed by atoms with Crippen molar-refractivity contribution in [2.24, 2.45) is 4.99 Å². The number of ether oxygens (including phenoxy) is 3. The summed E-state index contributed by atoms with van der Waals surface area (Å²) in [5.74, 6) is 0.864. The fourth-order valence-corrected chi connectivity index (χ4v) is 6.55. The Morgan fingerprint density at radius 3 is 2.67 bits per heavy atom. The highest BCUT2D eigenvalue weighted by Gasteiger charge is 2.31. The van der Waals surface area contributed by atoms with Gasteiger partial charge in [-0.25, -0.2) is 4.99 Å². The summed E-state index contributed by atoms with van der Waals surface area (Å²) in [4.78, 5) is 34.5. The Morgan fingerprint density at radius 1 is 1.14 bits per heavy atom. The van der Waals surface area contributed by atoms with Crippen molar-refractivity contribution >= 4 is 86.3 Å². The Kier molecular flexibility index (Phi) is 10.00. The fourth-order valence-electron chi connectivity index (χ4n) is 4.32. The van der Waals surface area contributed by atoms with Crippen LogP contribution in [0.3, 0.4) is 0 Å². The molecule has 0 N–H and O–H groups in total. The zero-order valence-corrected chi connectivity index (χ0v) is 27.2. The first kappa shape index (κ1) is 30.7. The van der Waals surface area contributed by atoms with Crippen LogP contribution in [0.5, 0.6) is 11.5 Å². The summed E-state index contributed by atoms with van der Waals surface area (Å²) in [5, 5.41) is 1.59. The van der Waals surface area contributed by atoms with E-state index in [0.717, 1.165) is 14.7 Å². The third-order valence-corrected chi connectivity index (χ3v) is 9.00. The van der Waals surface area contributed by atoms with Crippen LogP contribution in [-0.2, 0) is 16.1 Å². The van der Waals surface area contributed by atoms with Gasteiger partial charge in [0.2, 0.25) is 0 Å². The van der Waals surface area contributed by atoms with Crippen molar-refractivity contribution in [3.8, 4) is 11.5 Å². The number of nitrogens with zero attached hydrogens (tertiary/aromatic N) is 3. The van der Waals surface area contributed by atoms with Gasteiger partial charge >= 0.3 is 0 Å². The number of amides is 2. The third-order valence-electron chi connectivity index (χ3n) is 6.56. The molecule has 2 fully saturated rings. The predicted octanol–water partition coefficient (Wildman–Crippen LogP) is 6.89. The summed E-state index contributed by atoms with van der Waals surface area (Å²) in [5.41, 5.74) is 2.71. The average Bonchev–Trinajstić information content (AvgIpc) is 3.24. The second kappa shape index (κ2) is 13.7. The van der Waals surface area contributed by atoms with Gasteiger partial charge in [0.1, 0.15) is 6.61 Å². The van der Waals surface area contributed by atoms with Crippen LogP contribution >= 0.6 is 57.6 Å². The van der Waals surface area contributed by atoms with Crippen molar-refractivity contribution in [2.45, 2.75) is 6.61 Å². The van der Waals surface area contributed by atoms with E-state index in [1.54, 1.807) is 55.5 Å². The molecule has 2 heterocycles. The number of rotatable bonds is 7. The van der Waals surface area contributed by atoms with Crippen molar-refractivity contribution < 1.29 is 23.8 Å². The molecule has 3 aromatic rings. The first-order valence-electron chi connectivity index (χ1n) is 12.9. The molecule has 2 aliphatic rings. The molecule has 8 nitrogen and oxygen atoms in total. The molecular formula is C30H26Cl2IN3O5S. The lowest BCUT2D eigenvalue weighted by molar-refractivity contribution is -0.121. The third kappa shape index (κ3) is 7.05. The number of hydrogen-bond acceptors (Lipinski definition) is 7. The van der Waals surface area contributed by atoms with Crippen LogP contribution in [0.4, 0.5) is 5.69 Å². The molecule has 0 bridgehead atoms. The average molecular weight is 738 g/mol. The number of aliphatic imine (C=N–C) groups is 1. The quantitative estimate of drug-likeness (QED) is 0.194. The molecule has 2 saturated heterocycles. The van der Waals surface area contributed by atoms with E-state index >= 15 is 0 Å². The molecule has 0 radical (unpaired) electrons. The highest BCUT2D eigenvalue weighted by atomic mass is 127. The fraction of sp³-hybridized carbons (Fsp3) is 0.233. The Labute approximate surface area is 271 Å². The first-order valence-corrected chi connectivity index (χ1v) is 15.6. The van der Waals surface area contributed by atoms with Gasteiger partial charge in [-0.15, -0.1) is 0 Å². The van der Waals surface area contributed by atoms with Crippen molar-refractivity contribution in [3.63, 3.8) is 0 Å². The predicted molar refractivity (Wildman–Crippen MR) is 175 cm³/mol. The van der Waals surface area contributed by atoms with E-state index in [0.29, 0.717) is 69.2 Å². The Bertz CT molecular complexity index is 1590. The van der Waals surface area contributed by atoms with Gasteiger partial charge in [-0.1, -0.05) is 35.3 Å². The van der Waals surface area contributed by atoms with Gasteiger partial charge in [0.25, 0.3) is 11.8 Å². The second-order valence-electron chi connectivity index (χ2n) is 9.38. The van der Waals surface area contributed by atoms with Crippen LogP contribution < -0.4 is 9.47 Å². The highest BCUT2D eigenvalue weighted by molar-refractivity contribution is 14.1. The molecule has 0 aliphatic carbocycles. The molecule has 2 amide bonds. The lowest BCUT2D eigenvalue weighted by atomic mass is 10.1. The normalized spacial score (nSPS) is 17.3. The summed E-state index contributed by atoms with van der Waals surface area (Å²) in [6.07, 6.45) is 1.80. The molecule has 0 unspecified atom stereocenters. The Morgan fingerprint density at radius 2 is 1.93 bits per heavy atom. The minimum absolute atomic E-state index is 0.0586. The number of morpholine rings is 1. The van der Waals surface area contributed by atoms with E-state index < -0.39 is 0 Å². The van der Waals surface area contributed by atoms with Gasteiger partial charge in [0.15, 0.2) is 16.7 Å². The molecule has 12 heteroatoms. The van der Waals surface area contributed by atoms with Crippen molar-refractivity contribution in [3.05, 3.63) is 89.8 Å². The minimum Gasteiger partial charge on any atom is -0.493 e. The molecule has 218 valence electrons. The van der Waals surface area contributed by atoms with Crippen LogP contribution in [0.15, 0.2) is 64.5 Å². The maximum atomic E-state index is 13.1. The van der Waals surface area contributed by atoms with Crippen LogP contribution in [0.2, 0.25) is 10.0 Å². The second-order valence-corrected chi connectivity index (χ2v) is 12.4. The summed E-state index contributed by atoms with van der Waals surface area (Å²) in [6.45, 7) is 2.43. The molecule has 3 aromatic carbocycles. The molecule has 5 rings (SSSR count). The monoisotopic (exact) mass is 737 g/mol. The molecule has 0 saturated carbocycles. The smallest absolute Gasteiger partial charge is 0.266 e. The Balaban J connectivity index is 1.34. The van der Waals surface area contributed by atoms with E-state index in [-0.39, 0.29) is 18.4 Å². The summed E-state index contributed by atoms with van der Waals surface area (Å²) >= 11 is 15.7. The van der Waals surface area contributed by atoms with E-state index in [4.69, 9.17) is 37.4 Å². The molecule has 0 spiro atoms. The van der Waals surface area contributed by atoms with Crippen LogP contribution in [0, 0.1) is 3.57 Å². The zero-order valence-electron chi connectivity index (χ0n) is 22.7. The van der Waals surface area contributed by atoms with Crippen molar-refractivity contribution in [1.82, 2.24) is 9.80 Å². The molecule has 0 atom stereocenters. The van der Waals surface area contributed by atoms with E-state index in [1.165, 1.54) is 16.7 Å². The van der Waals surface area contributed by atoms with Gasteiger partial charge in [-0.2, -0.15) is 0 Å². The van der Waals surface area contributed by atoms with Crippen molar-refractivity contribution in [2.75, 3.05) is 40.5 Å². The number of halogens is 3. The van der Waals surface area contributed by atoms with Crippen LogP contribution in [0.25, 0.3) is 6.08 Å². The molecule has 2 aliphatic heterocycles. The number of hydrogen-bond donors (Lipinski definition) is 0. The molecule has 42 heavy (non-hydrogen) atoms. The topological polar surface area (TPSA) is 80.7 Å². The SMILES string of the molecule is COc1cc(/C=C2/SC(=Nc3cccc(C(=O)N4CCOCC4)c3)N(C)C2=O)cc(I)c1OCc1ccc(Cl)cc1Cl. The maximum Gasteiger partial charge on any atom is 0.266 e. The number of benzene rings is 3. The number of likely N-dealkylation sites (N-methyl/N-ethyl adjacent to an activating group) is 1. The first-order chi connectivity index (χ1) is 20.2. The van der Waals surface area contributed by atoms with E-state index in [2.05, 4.69) is 27.6 Å². The zero-order chi connectivity index (χ0) is 29.8. The molecular weight excluding hydrogens is 712 g/mol. The summed E-state index contributed by atoms with van der Waals surface area (Å²) < 4.78 is 17.8. The minimum atomic E-state index is -0.175. The maximum absolute atomic E-state index is 13.1. The number of amidine groups is 1. The number of carbonyl (C=O) groups is 2. The Hall–Kier alpha value is -2.77. The van der Waals surface area contributed by atoms with Gasteiger partial charge in [-0.05, 0) is 88.5 Å². The number of thioether (sulfide) groups is 1.